The number of alkyl halides is 11. The van der Waals surface area contributed by atoms with E-state index in [1.165, 1.54) is 0 Å². The number of hydrogen-bond donors (Lipinski definition) is 0. The molecule has 0 rings (SSSR count). The van der Waals surface area contributed by atoms with Crippen molar-refractivity contribution in [3.05, 3.63) is 11.1 Å². The Hall–Kier alpha value is -0.590. The van der Waals surface area contributed by atoms with Crippen molar-refractivity contribution >= 4 is 15.9 Å². The summed E-state index contributed by atoms with van der Waals surface area (Å²) in [4.78, 5) is 0. The molecule has 0 heterocycles. The lowest BCUT2D eigenvalue weighted by molar-refractivity contribution is -0.474. The molecule has 1 nitrogen and oxygen atoms in total. The average molecular weight is 391 g/mol. The van der Waals surface area contributed by atoms with Gasteiger partial charge in [-0.25, -0.2) is 0 Å². The Balaban J connectivity index is 5.73. The van der Waals surface area contributed by atoms with Gasteiger partial charge in [-0.2, -0.15) is 48.3 Å². The maximum Gasteiger partial charge on any atom is 0.462 e. The van der Waals surface area contributed by atoms with E-state index in [1.54, 1.807) is 15.9 Å². The molecule has 0 bridgehead atoms. The van der Waals surface area contributed by atoms with E-state index in [-0.39, 0.29) is 0 Å². The molecule has 0 spiro atoms. The summed E-state index contributed by atoms with van der Waals surface area (Å²) in [6, 6.07) is 0. The smallest absolute Gasteiger partial charge is 0.265 e. The zero-order chi connectivity index (χ0) is 16.8. The zero-order valence-electron chi connectivity index (χ0n) is 8.65. The highest BCUT2D eigenvalue weighted by Gasteiger charge is 2.78. The van der Waals surface area contributed by atoms with Crippen molar-refractivity contribution in [1.29, 1.82) is 0 Å². The molecule has 0 fully saturated rings. The molecule has 0 amide bonds. The molecule has 0 aliphatic carbocycles. The molecule has 0 aliphatic heterocycles. The van der Waals surface area contributed by atoms with Crippen molar-refractivity contribution in [2.75, 3.05) is 0 Å². The van der Waals surface area contributed by atoms with Crippen LogP contribution >= 0.6 is 15.9 Å². The van der Waals surface area contributed by atoms with Gasteiger partial charge in [0.05, 0.1) is 4.48 Å². The molecule has 0 aromatic carbocycles. The van der Waals surface area contributed by atoms with Gasteiger partial charge in [0.15, 0.2) is 0 Å². The van der Waals surface area contributed by atoms with E-state index in [9.17, 15) is 48.3 Å². The molecule has 0 saturated carbocycles. The van der Waals surface area contributed by atoms with Crippen molar-refractivity contribution in [2.24, 2.45) is 0 Å². The summed E-state index contributed by atoms with van der Waals surface area (Å²) in [5.74, 6) is -12.7. The Morgan fingerprint density at radius 1 is 0.750 bits per heavy atom. The number of ether oxygens (including phenoxy) is 1. The molecule has 0 unspecified atom stereocenters. The molecule has 120 valence electrons. The number of halogens is 12. The lowest BCUT2D eigenvalue weighted by Crippen LogP contribution is -2.59. The molecule has 20 heavy (non-hydrogen) atoms. The Kier molecular flexibility index (Phi) is 4.85. The lowest BCUT2D eigenvalue weighted by atomic mass is 10.2. The summed E-state index contributed by atoms with van der Waals surface area (Å²) < 4.78 is 134. The maximum absolute atomic E-state index is 13.2. The fourth-order valence-corrected chi connectivity index (χ4v) is 0.978. The standard InChI is InChI=1S/C7H2BrF11O/c1-2(8)3(9,5(12,13)14)20-7(18,19)4(10,11)6(15,16)17/h1H2/t3-/m0/s1. The Bertz CT molecular complexity index is 383. The van der Waals surface area contributed by atoms with Crippen molar-refractivity contribution in [3.63, 3.8) is 0 Å². The number of rotatable bonds is 4. The highest BCUT2D eigenvalue weighted by molar-refractivity contribution is 9.11. The zero-order valence-corrected chi connectivity index (χ0v) is 10.2. The van der Waals surface area contributed by atoms with E-state index < -0.39 is 34.7 Å². The van der Waals surface area contributed by atoms with Gasteiger partial charge in [-0.3, -0.25) is 4.74 Å². The first-order valence-corrected chi connectivity index (χ1v) is 4.82. The Morgan fingerprint density at radius 2 is 1.10 bits per heavy atom. The van der Waals surface area contributed by atoms with Crippen LogP contribution in [0.2, 0.25) is 0 Å². The summed E-state index contributed by atoms with van der Waals surface area (Å²) in [6.45, 7) is 2.16. The van der Waals surface area contributed by atoms with Crippen molar-refractivity contribution in [2.45, 2.75) is 30.2 Å². The van der Waals surface area contributed by atoms with Gasteiger partial charge in [0.2, 0.25) is 0 Å². The third-order valence-corrected chi connectivity index (χ3v) is 2.21. The summed E-state index contributed by atoms with van der Waals surface area (Å²) in [6.07, 6.45) is -20.2. The quantitative estimate of drug-likeness (QED) is 0.618. The molecule has 0 saturated heterocycles. The minimum Gasteiger partial charge on any atom is -0.265 e. The highest BCUT2D eigenvalue weighted by atomic mass is 79.9. The van der Waals surface area contributed by atoms with Crippen LogP contribution in [0.5, 0.6) is 0 Å². The minimum absolute atomic E-state index is 1.63. The van der Waals surface area contributed by atoms with Gasteiger partial charge >= 0.3 is 30.2 Å². The summed E-state index contributed by atoms with van der Waals surface area (Å²) in [5.41, 5.74) is 0. The molecule has 0 N–H and O–H groups in total. The first-order valence-electron chi connectivity index (χ1n) is 4.03. The second-order valence-corrected chi connectivity index (χ2v) is 4.15. The molecule has 0 radical (unpaired) electrons. The minimum atomic E-state index is -7.06. The third-order valence-electron chi connectivity index (χ3n) is 1.70. The first-order chi connectivity index (χ1) is 8.40. The normalized spacial score (nSPS) is 17.8. The van der Waals surface area contributed by atoms with Crippen LogP contribution in [0.25, 0.3) is 0 Å². The maximum atomic E-state index is 13.2. The molecule has 0 aliphatic rings. The van der Waals surface area contributed by atoms with E-state index in [4.69, 9.17) is 0 Å². The van der Waals surface area contributed by atoms with E-state index in [0.717, 1.165) is 0 Å². The van der Waals surface area contributed by atoms with Crippen LogP contribution in [0.3, 0.4) is 0 Å². The van der Waals surface area contributed by atoms with Crippen LogP contribution in [-0.2, 0) is 4.74 Å². The second kappa shape index (κ2) is 5.00. The summed E-state index contributed by atoms with van der Waals surface area (Å²) in [5, 5.41) is 0. The predicted octanol–water partition coefficient (Wildman–Crippen LogP) is 4.93. The fourth-order valence-electron chi connectivity index (χ4n) is 0.673. The molecule has 13 heteroatoms. The van der Waals surface area contributed by atoms with Crippen LogP contribution in [0.4, 0.5) is 48.3 Å². The van der Waals surface area contributed by atoms with Crippen molar-refractivity contribution in [3.8, 4) is 0 Å². The molecular weight excluding hydrogens is 389 g/mol. The molecular formula is C7H2BrF11O. The van der Waals surface area contributed by atoms with E-state index >= 15 is 0 Å². The van der Waals surface area contributed by atoms with Gasteiger partial charge < -0.3 is 0 Å². The van der Waals surface area contributed by atoms with Crippen LogP contribution in [0, 0.1) is 0 Å². The van der Waals surface area contributed by atoms with E-state index in [2.05, 4.69) is 11.3 Å². The SMILES string of the molecule is C=C(Br)[C@](F)(OC(F)(F)C(F)(F)C(F)(F)F)C(F)(F)F. The van der Waals surface area contributed by atoms with Gasteiger partial charge in [-0.15, -0.1) is 0 Å². The van der Waals surface area contributed by atoms with Gasteiger partial charge in [0, 0.05) is 0 Å². The van der Waals surface area contributed by atoms with Gasteiger partial charge in [0.25, 0.3) is 0 Å². The van der Waals surface area contributed by atoms with Crippen LogP contribution in [-0.4, -0.2) is 30.2 Å². The molecule has 0 aromatic rings. The second-order valence-electron chi connectivity index (χ2n) is 3.19. The largest absolute Gasteiger partial charge is 0.462 e. The number of hydrogen-bond acceptors (Lipinski definition) is 1. The Morgan fingerprint density at radius 3 is 1.30 bits per heavy atom. The Labute approximate surface area is 111 Å². The van der Waals surface area contributed by atoms with Gasteiger partial charge in [-0.05, 0) is 15.9 Å². The fraction of sp³-hybridized carbons (Fsp3) is 0.714. The van der Waals surface area contributed by atoms with E-state index in [1.807, 2.05) is 0 Å². The van der Waals surface area contributed by atoms with Crippen LogP contribution < -0.4 is 0 Å². The lowest BCUT2D eigenvalue weighted by Gasteiger charge is -2.34. The summed E-state index contributed by atoms with van der Waals surface area (Å²) in [7, 11) is 0. The topological polar surface area (TPSA) is 9.23 Å². The average Bonchev–Trinajstić information content (AvgIpc) is 2.12. The van der Waals surface area contributed by atoms with Crippen molar-refractivity contribution in [1.82, 2.24) is 0 Å². The first kappa shape index (κ1) is 19.4. The monoisotopic (exact) mass is 390 g/mol. The predicted molar refractivity (Wildman–Crippen MR) is 45.0 cm³/mol. The van der Waals surface area contributed by atoms with Gasteiger partial charge in [-0.1, -0.05) is 6.58 Å². The van der Waals surface area contributed by atoms with Crippen LogP contribution in [0.15, 0.2) is 11.1 Å². The molecule has 1 atom stereocenters. The van der Waals surface area contributed by atoms with Gasteiger partial charge in [0.1, 0.15) is 0 Å². The highest BCUT2D eigenvalue weighted by Crippen LogP contribution is 2.53. The van der Waals surface area contributed by atoms with Crippen molar-refractivity contribution < 1.29 is 53.0 Å². The third kappa shape index (κ3) is 3.18. The van der Waals surface area contributed by atoms with E-state index in [0.29, 0.717) is 0 Å². The molecule has 0 aromatic heterocycles. The van der Waals surface area contributed by atoms with Crippen LogP contribution in [0.1, 0.15) is 0 Å². The summed E-state index contributed by atoms with van der Waals surface area (Å²) >= 11 is 1.63.